The van der Waals surface area contributed by atoms with Gasteiger partial charge in [0.25, 0.3) is 5.56 Å². The second-order valence-electron chi connectivity index (χ2n) is 6.61. The number of pyridine rings is 1. The van der Waals surface area contributed by atoms with Crippen LogP contribution in [0.25, 0.3) is 11.3 Å². The molecule has 28 heavy (non-hydrogen) atoms. The number of benzene rings is 1. The SMILES string of the molecule is Cn1c(N2CCO[C@H](c3ccc(C#N)cc3)C2)nc(-c2ccncc2)cc1=O. The van der Waals surface area contributed by atoms with E-state index in [0.29, 0.717) is 36.9 Å². The third-order valence-corrected chi connectivity index (χ3v) is 4.85. The maximum Gasteiger partial charge on any atom is 0.255 e. The molecule has 1 saturated heterocycles. The smallest absolute Gasteiger partial charge is 0.255 e. The van der Waals surface area contributed by atoms with Crippen molar-refractivity contribution < 1.29 is 4.74 Å². The van der Waals surface area contributed by atoms with Crippen LogP contribution in [0.5, 0.6) is 0 Å². The van der Waals surface area contributed by atoms with Gasteiger partial charge in [0.15, 0.2) is 0 Å². The van der Waals surface area contributed by atoms with Crippen LogP contribution in [-0.4, -0.2) is 34.2 Å². The molecule has 0 radical (unpaired) electrons. The molecule has 0 aliphatic carbocycles. The topological polar surface area (TPSA) is 84.0 Å². The summed E-state index contributed by atoms with van der Waals surface area (Å²) < 4.78 is 7.49. The number of anilines is 1. The van der Waals surface area contributed by atoms with Gasteiger partial charge in [0.05, 0.1) is 30.5 Å². The van der Waals surface area contributed by atoms with E-state index in [1.165, 1.54) is 6.07 Å². The first-order valence-electron chi connectivity index (χ1n) is 9.01. The lowest BCUT2D eigenvalue weighted by atomic mass is 10.1. The standard InChI is InChI=1S/C21H19N5O2/c1-25-20(27)12-18(16-6-8-23-9-7-16)24-21(25)26-10-11-28-19(14-26)17-4-2-15(13-22)3-5-17/h2-9,12,19H,10-11,14H2,1H3/t19-/m0/s1. The average Bonchev–Trinajstić information content (AvgIpc) is 2.76. The highest BCUT2D eigenvalue weighted by molar-refractivity contribution is 5.59. The van der Waals surface area contributed by atoms with Crippen LogP contribution in [0, 0.1) is 11.3 Å². The van der Waals surface area contributed by atoms with Gasteiger partial charge in [-0.2, -0.15) is 5.26 Å². The first-order valence-corrected chi connectivity index (χ1v) is 9.01. The molecule has 3 aromatic rings. The molecule has 1 aliphatic rings. The molecule has 1 aliphatic heterocycles. The summed E-state index contributed by atoms with van der Waals surface area (Å²) in [5, 5.41) is 8.97. The summed E-state index contributed by atoms with van der Waals surface area (Å²) >= 11 is 0. The highest BCUT2D eigenvalue weighted by atomic mass is 16.5. The highest BCUT2D eigenvalue weighted by Crippen LogP contribution is 2.26. The normalized spacial score (nSPS) is 16.6. The Balaban J connectivity index is 1.65. The number of aromatic nitrogens is 3. The van der Waals surface area contributed by atoms with E-state index in [-0.39, 0.29) is 11.7 Å². The first kappa shape index (κ1) is 17.9. The molecule has 3 heterocycles. The Bertz CT molecular complexity index is 1070. The van der Waals surface area contributed by atoms with Gasteiger partial charge in [0.1, 0.15) is 6.10 Å². The predicted octanol–water partition coefficient (Wildman–Crippen LogP) is 2.29. The molecule has 1 aromatic carbocycles. The number of hydrogen-bond acceptors (Lipinski definition) is 6. The second-order valence-corrected chi connectivity index (χ2v) is 6.61. The zero-order chi connectivity index (χ0) is 19.5. The molecule has 1 atom stereocenters. The van der Waals surface area contributed by atoms with Gasteiger partial charge < -0.3 is 9.64 Å². The maximum absolute atomic E-state index is 12.5. The Labute approximate surface area is 162 Å². The zero-order valence-corrected chi connectivity index (χ0v) is 15.4. The quantitative estimate of drug-likeness (QED) is 0.700. The van der Waals surface area contributed by atoms with Crippen LogP contribution in [0.4, 0.5) is 5.95 Å². The molecule has 0 saturated carbocycles. The van der Waals surface area contributed by atoms with E-state index in [1.54, 1.807) is 36.1 Å². The van der Waals surface area contributed by atoms with E-state index >= 15 is 0 Å². The fraction of sp³-hybridized carbons (Fsp3) is 0.238. The van der Waals surface area contributed by atoms with Crippen molar-refractivity contribution in [2.75, 3.05) is 24.6 Å². The second kappa shape index (κ2) is 7.62. The summed E-state index contributed by atoms with van der Waals surface area (Å²) in [5.74, 6) is 0.612. The minimum absolute atomic E-state index is 0.113. The van der Waals surface area contributed by atoms with Crippen molar-refractivity contribution >= 4 is 5.95 Å². The molecule has 7 heteroatoms. The number of hydrogen-bond donors (Lipinski definition) is 0. The Hall–Kier alpha value is -3.50. The van der Waals surface area contributed by atoms with E-state index in [1.807, 2.05) is 24.3 Å². The van der Waals surface area contributed by atoms with Crippen LogP contribution in [0.15, 0.2) is 59.7 Å². The summed E-state index contributed by atoms with van der Waals surface area (Å²) in [6.07, 6.45) is 3.22. The molecule has 7 nitrogen and oxygen atoms in total. The molecular formula is C21H19N5O2. The van der Waals surface area contributed by atoms with Crippen LogP contribution in [0.1, 0.15) is 17.2 Å². The highest BCUT2D eigenvalue weighted by Gasteiger charge is 2.25. The molecule has 0 spiro atoms. The van der Waals surface area contributed by atoms with Crippen LogP contribution in [-0.2, 0) is 11.8 Å². The molecule has 0 amide bonds. The number of nitriles is 1. The Kier molecular flexibility index (Phi) is 4.87. The van der Waals surface area contributed by atoms with Crippen molar-refractivity contribution in [3.8, 4) is 17.3 Å². The van der Waals surface area contributed by atoms with Gasteiger partial charge >= 0.3 is 0 Å². The Morgan fingerprint density at radius 3 is 2.64 bits per heavy atom. The van der Waals surface area contributed by atoms with Crippen molar-refractivity contribution in [2.45, 2.75) is 6.10 Å². The van der Waals surface area contributed by atoms with Crippen molar-refractivity contribution in [3.63, 3.8) is 0 Å². The van der Waals surface area contributed by atoms with Crippen molar-refractivity contribution in [1.82, 2.24) is 14.5 Å². The minimum atomic E-state index is -0.150. The lowest BCUT2D eigenvalue weighted by Crippen LogP contribution is -2.41. The van der Waals surface area contributed by atoms with E-state index in [2.05, 4.69) is 16.0 Å². The molecule has 2 aromatic heterocycles. The number of nitrogens with zero attached hydrogens (tertiary/aromatic N) is 5. The van der Waals surface area contributed by atoms with Crippen molar-refractivity contribution in [2.24, 2.45) is 7.05 Å². The molecule has 1 fully saturated rings. The van der Waals surface area contributed by atoms with Gasteiger partial charge in [-0.25, -0.2) is 4.98 Å². The summed E-state index contributed by atoms with van der Waals surface area (Å²) in [4.78, 5) is 23.4. The van der Waals surface area contributed by atoms with E-state index in [9.17, 15) is 4.79 Å². The molecular weight excluding hydrogens is 354 g/mol. The monoisotopic (exact) mass is 373 g/mol. The molecule has 140 valence electrons. The van der Waals surface area contributed by atoms with Crippen molar-refractivity contribution in [1.29, 1.82) is 5.26 Å². The average molecular weight is 373 g/mol. The molecule has 4 rings (SSSR count). The van der Waals surface area contributed by atoms with Gasteiger partial charge in [0, 0.05) is 37.6 Å². The Morgan fingerprint density at radius 2 is 1.93 bits per heavy atom. The zero-order valence-electron chi connectivity index (χ0n) is 15.4. The lowest BCUT2D eigenvalue weighted by molar-refractivity contribution is 0.0390. The summed E-state index contributed by atoms with van der Waals surface area (Å²) in [6, 6.07) is 14.7. The predicted molar refractivity (Wildman–Crippen MR) is 105 cm³/mol. The van der Waals surface area contributed by atoms with Crippen LogP contribution < -0.4 is 10.5 Å². The fourth-order valence-electron chi connectivity index (χ4n) is 3.29. The third kappa shape index (κ3) is 3.50. The van der Waals surface area contributed by atoms with Crippen LogP contribution in [0.2, 0.25) is 0 Å². The number of rotatable bonds is 3. The molecule has 0 bridgehead atoms. The van der Waals surface area contributed by atoms with Crippen molar-refractivity contribution in [3.05, 3.63) is 76.3 Å². The number of ether oxygens (including phenoxy) is 1. The summed E-state index contributed by atoms with van der Waals surface area (Å²) in [6.45, 7) is 1.75. The van der Waals surface area contributed by atoms with Gasteiger partial charge in [-0.05, 0) is 29.8 Å². The van der Waals surface area contributed by atoms with E-state index in [4.69, 9.17) is 15.0 Å². The summed E-state index contributed by atoms with van der Waals surface area (Å²) in [7, 11) is 1.73. The lowest BCUT2D eigenvalue weighted by Gasteiger charge is -2.34. The number of morpholine rings is 1. The Morgan fingerprint density at radius 1 is 1.18 bits per heavy atom. The van der Waals surface area contributed by atoms with Crippen LogP contribution in [0.3, 0.4) is 0 Å². The van der Waals surface area contributed by atoms with Crippen LogP contribution >= 0.6 is 0 Å². The summed E-state index contributed by atoms with van der Waals surface area (Å²) in [5.41, 5.74) is 2.98. The van der Waals surface area contributed by atoms with Gasteiger partial charge in [-0.3, -0.25) is 14.3 Å². The van der Waals surface area contributed by atoms with Gasteiger partial charge in [-0.15, -0.1) is 0 Å². The first-order chi connectivity index (χ1) is 13.7. The van der Waals surface area contributed by atoms with E-state index in [0.717, 1.165) is 11.1 Å². The van der Waals surface area contributed by atoms with Gasteiger partial charge in [-0.1, -0.05) is 12.1 Å². The molecule has 0 N–H and O–H groups in total. The van der Waals surface area contributed by atoms with Gasteiger partial charge in [0.2, 0.25) is 5.95 Å². The minimum Gasteiger partial charge on any atom is -0.370 e. The van der Waals surface area contributed by atoms with E-state index < -0.39 is 0 Å². The molecule has 0 unspecified atom stereocenters. The fourth-order valence-corrected chi connectivity index (χ4v) is 3.29. The third-order valence-electron chi connectivity index (χ3n) is 4.85. The largest absolute Gasteiger partial charge is 0.370 e. The maximum atomic E-state index is 12.5.